The van der Waals surface area contributed by atoms with Crippen LogP contribution in [-0.4, -0.2) is 64.3 Å². The van der Waals surface area contributed by atoms with E-state index in [1.54, 1.807) is 38.2 Å². The summed E-state index contributed by atoms with van der Waals surface area (Å²) in [6, 6.07) is 3.27. The standard InChI is InChI=1S/C14H22N4O3S/c1-16(2)14(19)11-17(3)13-7-6-12(10-15-13)22(20,21)18-8-4-5-9-18/h6-7,10H,4-5,8-9,11H2,1-3H3/p+1. The molecular weight excluding hydrogens is 304 g/mol. The van der Waals surface area contributed by atoms with Gasteiger partial charge >= 0.3 is 0 Å². The predicted octanol–water partition coefficient (Wildman–Crippen LogP) is -0.190. The van der Waals surface area contributed by atoms with E-state index in [-0.39, 0.29) is 17.3 Å². The molecule has 0 aliphatic carbocycles. The fourth-order valence-electron chi connectivity index (χ4n) is 2.31. The van der Waals surface area contributed by atoms with Crippen LogP contribution in [0.2, 0.25) is 0 Å². The van der Waals surface area contributed by atoms with Crippen molar-refractivity contribution in [1.82, 2.24) is 9.21 Å². The van der Waals surface area contributed by atoms with Gasteiger partial charge in [-0.3, -0.25) is 9.69 Å². The summed E-state index contributed by atoms with van der Waals surface area (Å²) in [6.45, 7) is 1.39. The summed E-state index contributed by atoms with van der Waals surface area (Å²) in [7, 11) is 1.77. The first kappa shape index (κ1) is 16.7. The number of nitrogens with zero attached hydrogens (tertiary/aromatic N) is 3. The van der Waals surface area contributed by atoms with E-state index in [9.17, 15) is 13.2 Å². The number of H-pyrrole nitrogens is 1. The van der Waals surface area contributed by atoms with Gasteiger partial charge in [-0.2, -0.15) is 4.31 Å². The minimum Gasteiger partial charge on any atom is -0.345 e. The quantitative estimate of drug-likeness (QED) is 0.751. The predicted molar refractivity (Wildman–Crippen MR) is 83.0 cm³/mol. The minimum absolute atomic E-state index is 0.0235. The zero-order chi connectivity index (χ0) is 16.3. The number of hydrogen-bond acceptors (Lipinski definition) is 4. The second-order valence-corrected chi connectivity index (χ2v) is 7.60. The van der Waals surface area contributed by atoms with Gasteiger partial charge in [0.05, 0.1) is 7.05 Å². The number of sulfonamides is 1. The van der Waals surface area contributed by atoms with Crippen LogP contribution < -0.4 is 9.88 Å². The Morgan fingerprint density at radius 3 is 2.36 bits per heavy atom. The molecule has 0 bridgehead atoms. The molecule has 1 aromatic heterocycles. The lowest BCUT2D eigenvalue weighted by Crippen LogP contribution is -2.37. The molecule has 1 saturated heterocycles. The Labute approximate surface area is 131 Å². The van der Waals surface area contributed by atoms with Crippen molar-refractivity contribution in [2.24, 2.45) is 0 Å². The molecule has 22 heavy (non-hydrogen) atoms. The minimum atomic E-state index is -3.41. The Balaban J connectivity index is 2.11. The van der Waals surface area contributed by atoms with Crippen LogP contribution in [0.3, 0.4) is 0 Å². The van der Waals surface area contributed by atoms with E-state index in [0.29, 0.717) is 18.9 Å². The van der Waals surface area contributed by atoms with E-state index in [2.05, 4.69) is 4.98 Å². The fourth-order valence-corrected chi connectivity index (χ4v) is 3.79. The molecule has 2 rings (SSSR count). The van der Waals surface area contributed by atoms with Gasteiger partial charge in [-0.05, 0) is 18.9 Å². The Morgan fingerprint density at radius 1 is 1.23 bits per heavy atom. The molecule has 0 spiro atoms. The van der Waals surface area contributed by atoms with Crippen LogP contribution in [0.25, 0.3) is 0 Å². The van der Waals surface area contributed by atoms with Crippen molar-refractivity contribution in [1.29, 1.82) is 0 Å². The molecule has 0 radical (unpaired) electrons. The third kappa shape index (κ3) is 3.56. The lowest BCUT2D eigenvalue weighted by molar-refractivity contribution is -0.366. The lowest BCUT2D eigenvalue weighted by atomic mass is 10.4. The summed E-state index contributed by atoms with van der Waals surface area (Å²) < 4.78 is 26.3. The van der Waals surface area contributed by atoms with Crippen molar-refractivity contribution < 1.29 is 18.2 Å². The van der Waals surface area contributed by atoms with Crippen LogP contribution >= 0.6 is 0 Å². The topological polar surface area (TPSA) is 75.1 Å². The second kappa shape index (κ2) is 6.62. The summed E-state index contributed by atoms with van der Waals surface area (Å²) in [6.07, 6.45) is 3.31. The van der Waals surface area contributed by atoms with Crippen LogP contribution in [0.1, 0.15) is 12.8 Å². The summed E-state index contributed by atoms with van der Waals surface area (Å²) in [4.78, 5) is 18.2. The molecule has 0 atom stereocenters. The average molecular weight is 327 g/mol. The number of anilines is 1. The van der Waals surface area contributed by atoms with Crippen LogP contribution in [0.15, 0.2) is 23.2 Å². The number of nitrogens with one attached hydrogen (secondary N) is 1. The van der Waals surface area contributed by atoms with E-state index in [4.69, 9.17) is 0 Å². The van der Waals surface area contributed by atoms with E-state index < -0.39 is 10.0 Å². The molecule has 0 unspecified atom stereocenters. The van der Waals surface area contributed by atoms with E-state index in [1.807, 2.05) is 0 Å². The number of carbonyl (C=O) groups is 1. The second-order valence-electron chi connectivity index (χ2n) is 5.67. The van der Waals surface area contributed by atoms with E-state index in [1.165, 1.54) is 15.4 Å². The summed E-state index contributed by atoms with van der Waals surface area (Å²) >= 11 is 0. The number of likely N-dealkylation sites (N-methyl/N-ethyl adjacent to an activating group) is 2. The maximum absolute atomic E-state index is 12.4. The molecule has 2 heterocycles. The summed E-state index contributed by atoms with van der Waals surface area (Å²) in [5.41, 5.74) is 0. The van der Waals surface area contributed by atoms with Gasteiger partial charge in [-0.25, -0.2) is 13.4 Å². The molecule has 1 amide bonds. The van der Waals surface area contributed by atoms with Crippen LogP contribution in [-0.2, 0) is 14.8 Å². The maximum atomic E-state index is 12.4. The van der Waals surface area contributed by atoms with Crippen molar-refractivity contribution in [2.75, 3.05) is 45.7 Å². The zero-order valence-corrected chi connectivity index (χ0v) is 14.1. The lowest BCUT2D eigenvalue weighted by Gasteiger charge is -2.16. The van der Waals surface area contributed by atoms with Gasteiger partial charge in [0.1, 0.15) is 11.1 Å². The van der Waals surface area contributed by atoms with Crippen molar-refractivity contribution >= 4 is 21.7 Å². The Kier molecular flexibility index (Phi) is 5.02. The molecule has 1 fully saturated rings. The molecule has 0 aromatic carbocycles. The highest BCUT2D eigenvalue weighted by molar-refractivity contribution is 7.89. The third-order valence-corrected chi connectivity index (χ3v) is 5.65. The normalized spacial score (nSPS) is 15.8. The summed E-state index contributed by atoms with van der Waals surface area (Å²) in [5, 5.41) is 0. The van der Waals surface area contributed by atoms with E-state index >= 15 is 0 Å². The molecule has 122 valence electrons. The molecule has 8 heteroatoms. The SMILES string of the molecule is CN(C)C(=O)CN(C)c1ccc(S(=O)(=O)N2CCCC2)c[nH+]1. The van der Waals surface area contributed by atoms with Gasteiger partial charge in [-0.1, -0.05) is 0 Å². The van der Waals surface area contributed by atoms with Crippen molar-refractivity contribution in [3.8, 4) is 0 Å². The highest BCUT2D eigenvalue weighted by Gasteiger charge is 2.28. The molecule has 1 N–H and O–H groups in total. The highest BCUT2D eigenvalue weighted by atomic mass is 32.2. The first-order valence-electron chi connectivity index (χ1n) is 7.25. The van der Waals surface area contributed by atoms with Crippen LogP contribution in [0.5, 0.6) is 0 Å². The number of aromatic amines is 1. The third-order valence-electron chi connectivity index (χ3n) is 3.75. The number of amides is 1. The van der Waals surface area contributed by atoms with Gasteiger partial charge in [0.15, 0.2) is 6.54 Å². The van der Waals surface area contributed by atoms with Gasteiger partial charge < -0.3 is 4.90 Å². The van der Waals surface area contributed by atoms with E-state index in [0.717, 1.165) is 12.8 Å². The van der Waals surface area contributed by atoms with Gasteiger partial charge in [0, 0.05) is 33.3 Å². The molecular formula is C14H23N4O3S+. The van der Waals surface area contributed by atoms with Gasteiger partial charge in [-0.15, -0.1) is 0 Å². The monoisotopic (exact) mass is 327 g/mol. The van der Waals surface area contributed by atoms with Gasteiger partial charge in [0.25, 0.3) is 11.7 Å². The molecule has 1 aliphatic heterocycles. The Morgan fingerprint density at radius 2 is 1.86 bits per heavy atom. The Hall–Kier alpha value is -1.67. The van der Waals surface area contributed by atoms with Crippen molar-refractivity contribution in [2.45, 2.75) is 17.7 Å². The number of hydrogen-bond donors (Lipinski definition) is 0. The highest BCUT2D eigenvalue weighted by Crippen LogP contribution is 2.20. The first-order chi connectivity index (χ1) is 10.3. The van der Waals surface area contributed by atoms with Gasteiger partial charge in [0.2, 0.25) is 10.0 Å². The van der Waals surface area contributed by atoms with Crippen LogP contribution in [0.4, 0.5) is 5.82 Å². The molecule has 1 aliphatic rings. The molecule has 1 aromatic rings. The number of carbonyl (C=O) groups excluding carboxylic acids is 1. The maximum Gasteiger partial charge on any atom is 0.274 e. The average Bonchev–Trinajstić information content (AvgIpc) is 3.02. The smallest absolute Gasteiger partial charge is 0.274 e. The van der Waals surface area contributed by atoms with Crippen LogP contribution in [0, 0.1) is 0 Å². The molecule has 7 nitrogen and oxygen atoms in total. The largest absolute Gasteiger partial charge is 0.345 e. The first-order valence-corrected chi connectivity index (χ1v) is 8.69. The fraction of sp³-hybridized carbons (Fsp3) is 0.571. The van der Waals surface area contributed by atoms with Crippen molar-refractivity contribution in [3.63, 3.8) is 0 Å². The van der Waals surface area contributed by atoms with Crippen molar-refractivity contribution in [3.05, 3.63) is 18.3 Å². The zero-order valence-electron chi connectivity index (χ0n) is 13.2. The number of pyridine rings is 1. The number of aromatic nitrogens is 1. The Bertz CT molecular complexity index is 622. The molecule has 0 saturated carbocycles. The number of rotatable bonds is 5. The summed E-state index contributed by atoms with van der Waals surface area (Å²) in [5.74, 6) is 0.667.